The Balaban J connectivity index is 3.82. The van der Waals surface area contributed by atoms with E-state index in [2.05, 4.69) is 5.32 Å². The van der Waals surface area contributed by atoms with Crippen LogP contribution >= 0.6 is 0 Å². The fraction of sp³-hybridized carbons (Fsp3) is 0.667. The maximum atomic E-state index is 11.1. The van der Waals surface area contributed by atoms with Gasteiger partial charge >= 0.3 is 0 Å². The van der Waals surface area contributed by atoms with E-state index in [1.165, 1.54) is 11.9 Å². The van der Waals surface area contributed by atoms with Crippen LogP contribution in [-0.2, 0) is 9.59 Å². The normalized spacial score (nSPS) is 8.93. The maximum absolute atomic E-state index is 11.1. The van der Waals surface area contributed by atoms with Crippen LogP contribution < -0.4 is 5.32 Å². The molecular weight excluding hydrogens is 182 g/mol. The van der Waals surface area contributed by atoms with Crippen molar-refractivity contribution in [3.63, 3.8) is 0 Å². The van der Waals surface area contributed by atoms with Gasteiger partial charge in [-0.3, -0.25) is 9.59 Å². The molecule has 0 fully saturated rings. The van der Waals surface area contributed by atoms with Gasteiger partial charge in [-0.1, -0.05) is 6.92 Å². The van der Waals surface area contributed by atoms with Gasteiger partial charge in [0.05, 0.1) is 12.6 Å². The molecule has 0 saturated carbocycles. The molecule has 0 aromatic rings. The minimum atomic E-state index is -0.334. The van der Waals surface area contributed by atoms with E-state index in [-0.39, 0.29) is 24.8 Å². The first-order valence-corrected chi connectivity index (χ1v) is 4.49. The zero-order valence-electron chi connectivity index (χ0n) is 8.54. The molecule has 78 valence electrons. The largest absolute Gasteiger partial charge is 0.355 e. The molecule has 0 rings (SSSR count). The van der Waals surface area contributed by atoms with Gasteiger partial charge in [0, 0.05) is 13.6 Å². The van der Waals surface area contributed by atoms with Crippen molar-refractivity contribution in [1.82, 2.24) is 10.2 Å². The zero-order chi connectivity index (χ0) is 11.0. The topological polar surface area (TPSA) is 73.2 Å². The van der Waals surface area contributed by atoms with Crippen molar-refractivity contribution in [3.05, 3.63) is 0 Å². The highest BCUT2D eigenvalue weighted by Gasteiger charge is 2.11. The van der Waals surface area contributed by atoms with Gasteiger partial charge in [0.25, 0.3) is 0 Å². The Morgan fingerprint density at radius 1 is 1.50 bits per heavy atom. The summed E-state index contributed by atoms with van der Waals surface area (Å²) in [7, 11) is 1.51. The highest BCUT2D eigenvalue weighted by molar-refractivity contribution is 5.85. The van der Waals surface area contributed by atoms with Gasteiger partial charge in [-0.2, -0.15) is 5.26 Å². The maximum Gasteiger partial charge on any atom is 0.239 e. The Morgan fingerprint density at radius 3 is 2.64 bits per heavy atom. The number of rotatable bonds is 5. The third-order valence-corrected chi connectivity index (χ3v) is 1.61. The summed E-state index contributed by atoms with van der Waals surface area (Å²) in [5.74, 6) is -0.528. The quantitative estimate of drug-likeness (QED) is 0.668. The van der Waals surface area contributed by atoms with Gasteiger partial charge < -0.3 is 10.2 Å². The zero-order valence-corrected chi connectivity index (χ0v) is 8.54. The first kappa shape index (κ1) is 12.4. The summed E-state index contributed by atoms with van der Waals surface area (Å²) in [5.41, 5.74) is 0. The summed E-state index contributed by atoms with van der Waals surface area (Å²) in [6.45, 7) is 2.57. The Kier molecular flexibility index (Phi) is 6.12. The van der Waals surface area contributed by atoms with Crippen molar-refractivity contribution < 1.29 is 9.59 Å². The molecule has 0 spiro atoms. The van der Waals surface area contributed by atoms with Crippen molar-refractivity contribution in [3.8, 4) is 6.07 Å². The molecule has 5 nitrogen and oxygen atoms in total. The number of carbonyl (C=O) groups excluding carboxylic acids is 2. The monoisotopic (exact) mass is 197 g/mol. The van der Waals surface area contributed by atoms with Gasteiger partial charge in [0.1, 0.15) is 6.42 Å². The van der Waals surface area contributed by atoms with Crippen molar-refractivity contribution >= 4 is 11.8 Å². The van der Waals surface area contributed by atoms with Crippen molar-refractivity contribution in [1.29, 1.82) is 5.26 Å². The number of nitrogens with zero attached hydrogens (tertiary/aromatic N) is 2. The van der Waals surface area contributed by atoms with E-state index in [1.807, 2.05) is 6.92 Å². The highest BCUT2D eigenvalue weighted by atomic mass is 16.2. The number of nitrogens with one attached hydrogen (secondary N) is 1. The third kappa shape index (κ3) is 5.14. The van der Waals surface area contributed by atoms with Gasteiger partial charge in [-0.05, 0) is 6.42 Å². The molecule has 14 heavy (non-hydrogen) atoms. The average molecular weight is 197 g/mol. The van der Waals surface area contributed by atoms with E-state index in [0.717, 1.165) is 6.42 Å². The molecule has 2 amide bonds. The molecule has 0 aliphatic rings. The highest BCUT2D eigenvalue weighted by Crippen LogP contribution is 1.88. The summed E-state index contributed by atoms with van der Waals surface area (Å²) < 4.78 is 0. The summed E-state index contributed by atoms with van der Waals surface area (Å²) in [5, 5.41) is 10.9. The van der Waals surface area contributed by atoms with Crippen LogP contribution in [0.2, 0.25) is 0 Å². The Morgan fingerprint density at radius 2 is 2.14 bits per heavy atom. The molecule has 0 aliphatic heterocycles. The summed E-state index contributed by atoms with van der Waals surface area (Å²) in [6, 6.07) is 1.74. The second-order valence-corrected chi connectivity index (χ2v) is 2.93. The van der Waals surface area contributed by atoms with E-state index < -0.39 is 0 Å². The molecule has 0 aromatic heterocycles. The molecule has 0 aromatic carbocycles. The predicted octanol–water partition coefficient (Wildman–Crippen LogP) is -0.115. The average Bonchev–Trinajstić information content (AvgIpc) is 2.15. The minimum Gasteiger partial charge on any atom is -0.355 e. The van der Waals surface area contributed by atoms with Crippen LogP contribution in [-0.4, -0.2) is 36.9 Å². The fourth-order valence-electron chi connectivity index (χ4n) is 0.826. The molecule has 0 saturated heterocycles. The van der Waals surface area contributed by atoms with Crippen LogP contribution in [0.5, 0.6) is 0 Å². The van der Waals surface area contributed by atoms with Crippen LogP contribution in [0.1, 0.15) is 19.8 Å². The molecular formula is C9H15N3O2. The molecule has 1 N–H and O–H groups in total. The van der Waals surface area contributed by atoms with Crippen LogP contribution in [0.15, 0.2) is 0 Å². The number of hydrogen-bond acceptors (Lipinski definition) is 3. The lowest BCUT2D eigenvalue weighted by Gasteiger charge is -2.14. The number of hydrogen-bond donors (Lipinski definition) is 1. The predicted molar refractivity (Wildman–Crippen MR) is 51.2 cm³/mol. The van der Waals surface area contributed by atoms with Crippen LogP contribution in [0.4, 0.5) is 0 Å². The lowest BCUT2D eigenvalue weighted by molar-refractivity contribution is -0.133. The van der Waals surface area contributed by atoms with E-state index in [0.29, 0.717) is 6.54 Å². The van der Waals surface area contributed by atoms with Crippen LogP contribution in [0.25, 0.3) is 0 Å². The lowest BCUT2D eigenvalue weighted by atomic mass is 10.4. The summed E-state index contributed by atoms with van der Waals surface area (Å²) >= 11 is 0. The van der Waals surface area contributed by atoms with Gasteiger partial charge in [0.15, 0.2) is 0 Å². The molecule has 0 atom stereocenters. The fourth-order valence-corrected chi connectivity index (χ4v) is 0.826. The second kappa shape index (κ2) is 6.89. The molecule has 0 heterocycles. The standard InChI is InChI=1S/C9H15N3O2/c1-3-6-11-8(13)7-12(2)9(14)4-5-10/h3-4,6-7H2,1-2H3,(H,11,13). The second-order valence-electron chi connectivity index (χ2n) is 2.93. The SMILES string of the molecule is CCCNC(=O)CN(C)C(=O)CC#N. The first-order valence-electron chi connectivity index (χ1n) is 4.49. The van der Waals surface area contributed by atoms with Crippen LogP contribution in [0, 0.1) is 11.3 Å². The Bertz CT molecular complexity index is 245. The summed E-state index contributed by atoms with van der Waals surface area (Å²) in [4.78, 5) is 23.5. The number of amides is 2. The van der Waals surface area contributed by atoms with Gasteiger partial charge in [0.2, 0.25) is 11.8 Å². The first-order chi connectivity index (χ1) is 6.61. The Hall–Kier alpha value is -1.57. The van der Waals surface area contributed by atoms with Crippen LogP contribution in [0.3, 0.4) is 0 Å². The number of nitriles is 1. The smallest absolute Gasteiger partial charge is 0.239 e. The molecule has 5 heteroatoms. The molecule has 0 bridgehead atoms. The van der Waals surface area contributed by atoms with Crippen molar-refractivity contribution in [2.24, 2.45) is 0 Å². The van der Waals surface area contributed by atoms with Gasteiger partial charge in [-0.25, -0.2) is 0 Å². The molecule has 0 aliphatic carbocycles. The van der Waals surface area contributed by atoms with E-state index in [1.54, 1.807) is 6.07 Å². The van der Waals surface area contributed by atoms with Gasteiger partial charge in [-0.15, -0.1) is 0 Å². The molecule has 0 unspecified atom stereocenters. The van der Waals surface area contributed by atoms with Crippen molar-refractivity contribution in [2.75, 3.05) is 20.1 Å². The Labute approximate surface area is 83.7 Å². The number of carbonyl (C=O) groups is 2. The lowest BCUT2D eigenvalue weighted by Crippen LogP contribution is -2.38. The van der Waals surface area contributed by atoms with E-state index in [9.17, 15) is 9.59 Å². The number of likely N-dealkylation sites (N-methyl/N-ethyl adjacent to an activating group) is 1. The van der Waals surface area contributed by atoms with E-state index >= 15 is 0 Å². The molecule has 0 radical (unpaired) electrons. The minimum absolute atomic E-state index is 0.0144. The third-order valence-electron chi connectivity index (χ3n) is 1.61. The van der Waals surface area contributed by atoms with E-state index in [4.69, 9.17) is 5.26 Å². The van der Waals surface area contributed by atoms with Crippen molar-refractivity contribution in [2.45, 2.75) is 19.8 Å². The summed E-state index contributed by atoms with van der Waals surface area (Å²) in [6.07, 6.45) is 0.680.